The van der Waals surface area contributed by atoms with E-state index in [9.17, 15) is 14.7 Å². The van der Waals surface area contributed by atoms with Crippen molar-refractivity contribution in [3.8, 4) is 11.1 Å². The van der Waals surface area contributed by atoms with Crippen molar-refractivity contribution in [2.24, 2.45) is 0 Å². The number of rotatable bonds is 9. The van der Waals surface area contributed by atoms with Crippen LogP contribution in [0.5, 0.6) is 0 Å². The van der Waals surface area contributed by atoms with Gasteiger partial charge >= 0.3 is 11.7 Å². The molecule has 30 heavy (non-hydrogen) atoms. The van der Waals surface area contributed by atoms with Crippen molar-refractivity contribution in [1.29, 1.82) is 0 Å². The van der Waals surface area contributed by atoms with E-state index in [-0.39, 0.29) is 17.2 Å². The number of carbonyl (C=O) groups is 1. The van der Waals surface area contributed by atoms with E-state index >= 15 is 0 Å². The molecule has 0 spiro atoms. The molecule has 0 amide bonds. The third-order valence-electron chi connectivity index (χ3n) is 5.20. The molecule has 3 rings (SSSR count). The van der Waals surface area contributed by atoms with Crippen molar-refractivity contribution < 1.29 is 9.90 Å². The van der Waals surface area contributed by atoms with Crippen LogP contribution >= 0.6 is 0 Å². The molecule has 0 saturated carbocycles. The summed E-state index contributed by atoms with van der Waals surface area (Å²) in [6, 6.07) is 14.7. The summed E-state index contributed by atoms with van der Waals surface area (Å²) in [5.74, 6) is -0.0121. The molecule has 158 valence electrons. The molecular weight excluding hydrogens is 378 g/mol. The molecule has 1 heterocycles. The Hall–Kier alpha value is -3.15. The van der Waals surface area contributed by atoms with Crippen LogP contribution in [0.15, 0.2) is 53.3 Å². The van der Waals surface area contributed by atoms with Crippen LogP contribution in [-0.2, 0) is 13.1 Å². The average Bonchev–Trinajstić information content (AvgIpc) is 3.05. The molecule has 0 atom stereocenters. The largest absolute Gasteiger partial charge is 0.478 e. The van der Waals surface area contributed by atoms with Crippen LogP contribution in [0, 0.1) is 0 Å². The number of aromatic carboxylic acids is 1. The van der Waals surface area contributed by atoms with Crippen LogP contribution in [-0.4, -0.2) is 25.4 Å². The zero-order valence-corrected chi connectivity index (χ0v) is 17.8. The Morgan fingerprint density at radius 3 is 2.40 bits per heavy atom. The van der Waals surface area contributed by atoms with Gasteiger partial charge in [0.05, 0.1) is 12.1 Å². The number of benzene rings is 2. The Kier molecular flexibility index (Phi) is 6.87. The summed E-state index contributed by atoms with van der Waals surface area (Å²) in [4.78, 5) is 24.4. The van der Waals surface area contributed by atoms with Gasteiger partial charge < -0.3 is 5.11 Å². The van der Waals surface area contributed by atoms with Gasteiger partial charge in [0.15, 0.2) is 0 Å². The van der Waals surface area contributed by atoms with E-state index in [2.05, 4.69) is 12.0 Å². The molecule has 1 N–H and O–H groups in total. The average molecular weight is 408 g/mol. The van der Waals surface area contributed by atoms with Crippen LogP contribution in [0.4, 0.5) is 0 Å². The van der Waals surface area contributed by atoms with Gasteiger partial charge in [-0.1, -0.05) is 76.1 Å². The molecule has 0 radical (unpaired) electrons. The van der Waals surface area contributed by atoms with Crippen molar-refractivity contribution in [2.75, 3.05) is 0 Å². The van der Waals surface area contributed by atoms with Crippen molar-refractivity contribution in [3.05, 3.63) is 76.0 Å². The Morgan fingerprint density at radius 1 is 1.07 bits per heavy atom. The van der Waals surface area contributed by atoms with Crippen LogP contribution in [0.3, 0.4) is 0 Å². The highest BCUT2D eigenvalue weighted by molar-refractivity contribution is 5.95. The maximum atomic E-state index is 12.9. The Bertz CT molecular complexity index is 1060. The fourth-order valence-corrected chi connectivity index (χ4v) is 3.58. The predicted octanol–water partition coefficient (Wildman–Crippen LogP) is 4.77. The zero-order chi connectivity index (χ0) is 21.7. The minimum absolute atomic E-state index is 0.0740. The fraction of sp³-hybridized carbons (Fsp3) is 0.375. The van der Waals surface area contributed by atoms with Gasteiger partial charge in [-0.25, -0.2) is 14.3 Å². The van der Waals surface area contributed by atoms with Gasteiger partial charge in [0.1, 0.15) is 5.82 Å². The van der Waals surface area contributed by atoms with Gasteiger partial charge in [0, 0.05) is 12.5 Å². The highest BCUT2D eigenvalue weighted by Gasteiger charge is 2.16. The molecule has 3 aromatic rings. The molecule has 0 fully saturated rings. The summed E-state index contributed by atoms with van der Waals surface area (Å²) in [5, 5.41) is 14.0. The number of carboxylic acids is 1. The molecule has 1 aromatic heterocycles. The van der Waals surface area contributed by atoms with Crippen LogP contribution in [0.25, 0.3) is 11.1 Å². The number of carboxylic acid groups (broad SMARTS) is 1. The molecule has 0 aliphatic heterocycles. The Morgan fingerprint density at radius 2 is 1.77 bits per heavy atom. The highest BCUT2D eigenvalue weighted by atomic mass is 16.4. The maximum absolute atomic E-state index is 12.9. The first kappa shape index (κ1) is 21.6. The first-order valence-electron chi connectivity index (χ1n) is 10.5. The minimum atomic E-state index is -0.946. The quantitative estimate of drug-likeness (QED) is 0.518. The lowest BCUT2D eigenvalue weighted by molar-refractivity contribution is 0.0697. The van der Waals surface area contributed by atoms with Crippen molar-refractivity contribution >= 4 is 5.97 Å². The van der Waals surface area contributed by atoms with Crippen LogP contribution < -0.4 is 5.69 Å². The second-order valence-electron chi connectivity index (χ2n) is 7.86. The lowest BCUT2D eigenvalue weighted by atomic mass is 9.99. The summed E-state index contributed by atoms with van der Waals surface area (Å²) in [5.41, 5.74) is 2.69. The third-order valence-corrected chi connectivity index (χ3v) is 5.20. The number of aromatic nitrogens is 3. The van der Waals surface area contributed by atoms with Gasteiger partial charge in [-0.05, 0) is 29.2 Å². The molecule has 6 heteroatoms. The van der Waals surface area contributed by atoms with Gasteiger partial charge in [-0.2, -0.15) is 5.10 Å². The zero-order valence-electron chi connectivity index (χ0n) is 17.8. The van der Waals surface area contributed by atoms with E-state index in [0.29, 0.717) is 18.7 Å². The second kappa shape index (κ2) is 9.57. The number of hydrogen-bond donors (Lipinski definition) is 1. The standard InChI is InChI=1S/C24H29N3O3/c1-4-5-8-15-27-24(30)26(22(25-27)17(2)3)16-18-11-13-19(14-12-18)20-9-6-7-10-21(20)23(28)29/h6-7,9-14,17H,4-5,8,15-16H2,1-3H3,(H,28,29). The third kappa shape index (κ3) is 4.70. The second-order valence-corrected chi connectivity index (χ2v) is 7.86. The topological polar surface area (TPSA) is 77.1 Å². The van der Waals surface area contributed by atoms with Gasteiger partial charge in [-0.15, -0.1) is 0 Å². The fourth-order valence-electron chi connectivity index (χ4n) is 3.58. The molecule has 0 unspecified atom stereocenters. The van der Waals surface area contributed by atoms with E-state index in [4.69, 9.17) is 0 Å². The smallest absolute Gasteiger partial charge is 0.346 e. The molecular formula is C24H29N3O3. The lowest BCUT2D eigenvalue weighted by Gasteiger charge is -2.10. The first-order valence-corrected chi connectivity index (χ1v) is 10.5. The minimum Gasteiger partial charge on any atom is -0.478 e. The van der Waals surface area contributed by atoms with Gasteiger partial charge in [-0.3, -0.25) is 4.57 Å². The Balaban J connectivity index is 1.87. The summed E-state index contributed by atoms with van der Waals surface area (Å²) in [6.07, 6.45) is 3.13. The van der Waals surface area contributed by atoms with Crippen LogP contribution in [0.2, 0.25) is 0 Å². The molecule has 6 nitrogen and oxygen atoms in total. The number of unbranched alkanes of at least 4 members (excludes halogenated alkanes) is 2. The summed E-state index contributed by atoms with van der Waals surface area (Å²) < 4.78 is 3.33. The van der Waals surface area contributed by atoms with Gasteiger partial charge in [0.2, 0.25) is 0 Å². The SMILES string of the molecule is CCCCCn1nc(C(C)C)n(Cc2ccc(-c3ccccc3C(=O)O)cc2)c1=O. The first-order chi connectivity index (χ1) is 14.4. The number of nitrogens with zero attached hydrogens (tertiary/aromatic N) is 3. The van der Waals surface area contributed by atoms with Gasteiger partial charge in [0.25, 0.3) is 0 Å². The summed E-state index contributed by atoms with van der Waals surface area (Å²) in [7, 11) is 0. The van der Waals surface area contributed by atoms with Crippen molar-refractivity contribution in [3.63, 3.8) is 0 Å². The Labute approximate surface area is 176 Å². The van der Waals surface area contributed by atoms with E-state index < -0.39 is 5.97 Å². The van der Waals surface area contributed by atoms with E-state index in [1.807, 2.05) is 44.2 Å². The van der Waals surface area contributed by atoms with E-state index in [0.717, 1.165) is 36.2 Å². The highest BCUT2D eigenvalue weighted by Crippen LogP contribution is 2.24. The normalized spacial score (nSPS) is 11.2. The maximum Gasteiger partial charge on any atom is 0.346 e. The molecule has 0 saturated heterocycles. The molecule has 0 aliphatic rings. The van der Waals surface area contributed by atoms with E-state index in [1.54, 1.807) is 27.4 Å². The molecule has 0 aliphatic carbocycles. The van der Waals surface area contributed by atoms with E-state index in [1.165, 1.54) is 0 Å². The monoisotopic (exact) mass is 407 g/mol. The van der Waals surface area contributed by atoms with Crippen LogP contribution in [0.1, 0.15) is 67.7 Å². The molecule has 0 bridgehead atoms. The molecule has 2 aromatic carbocycles. The summed E-state index contributed by atoms with van der Waals surface area (Å²) in [6.45, 7) is 7.31. The summed E-state index contributed by atoms with van der Waals surface area (Å²) >= 11 is 0. The van der Waals surface area contributed by atoms with Crippen molar-refractivity contribution in [1.82, 2.24) is 14.3 Å². The number of aryl methyl sites for hydroxylation is 1. The van der Waals surface area contributed by atoms with Crippen molar-refractivity contribution in [2.45, 2.75) is 59.0 Å². The lowest BCUT2D eigenvalue weighted by Crippen LogP contribution is -2.26. The predicted molar refractivity (Wildman–Crippen MR) is 118 cm³/mol. The number of hydrogen-bond acceptors (Lipinski definition) is 3.